The molecule has 6 heteroatoms. The fourth-order valence-electron chi connectivity index (χ4n) is 11.7. The summed E-state index contributed by atoms with van der Waals surface area (Å²) in [5.74, 6) is -0.00337. The van der Waals surface area contributed by atoms with Gasteiger partial charge in [0, 0.05) is 12.8 Å². The molecule has 0 bridgehead atoms. The van der Waals surface area contributed by atoms with Gasteiger partial charge in [0.25, 0.3) is 0 Å². The molecule has 77 heavy (non-hydrogen) atoms. The Hall–Kier alpha value is -1.14. The van der Waals surface area contributed by atoms with Gasteiger partial charge >= 0.3 is 5.97 Å². The Balaban J connectivity index is 3.29. The quantitative estimate of drug-likeness (QED) is 0.0417. The van der Waals surface area contributed by atoms with E-state index in [1.165, 1.54) is 347 Å². The molecule has 2 atom stereocenters. The largest absolute Gasteiger partial charge is 0.466 e. The maximum atomic E-state index is 12.5. The van der Waals surface area contributed by atoms with Gasteiger partial charge in [-0.15, -0.1) is 0 Å². The minimum Gasteiger partial charge on any atom is -0.466 e. The van der Waals surface area contributed by atoms with Crippen LogP contribution in [0.5, 0.6) is 0 Å². The third-order valence-electron chi connectivity index (χ3n) is 17.2. The van der Waals surface area contributed by atoms with Gasteiger partial charge in [0.05, 0.1) is 25.4 Å². The molecule has 460 valence electrons. The van der Waals surface area contributed by atoms with Crippen LogP contribution < -0.4 is 5.32 Å². The summed E-state index contributed by atoms with van der Waals surface area (Å²) in [7, 11) is 0. The number of esters is 1. The van der Waals surface area contributed by atoms with E-state index in [4.69, 9.17) is 4.74 Å². The van der Waals surface area contributed by atoms with E-state index >= 15 is 0 Å². The number of aliphatic hydroxyl groups is 2. The molecule has 0 aliphatic heterocycles. The first-order valence-corrected chi connectivity index (χ1v) is 35.8. The molecular weight excluding hydrogens is 947 g/mol. The highest BCUT2D eigenvalue weighted by Gasteiger charge is 2.20. The molecule has 0 aliphatic carbocycles. The Kier molecular flexibility index (Phi) is 66.4. The van der Waals surface area contributed by atoms with Crippen molar-refractivity contribution >= 4 is 11.9 Å². The van der Waals surface area contributed by atoms with E-state index in [-0.39, 0.29) is 18.5 Å². The zero-order chi connectivity index (χ0) is 55.7. The Morgan fingerprint density at radius 3 is 0.792 bits per heavy atom. The standard InChI is InChI=1S/C71H141NO5/c1-3-5-7-9-11-13-15-17-18-19-34-37-41-45-49-53-57-61-65-71(76)77-66-62-58-54-50-46-42-38-35-32-30-28-26-24-22-20-21-23-25-27-29-31-33-36-40-44-48-52-56-60-64-70(75)72-68(67-73)69(74)63-59-55-51-47-43-39-16-14-12-10-8-6-4-2/h68-69,73-74H,3-67H2,1-2H3,(H,72,75). The lowest BCUT2D eigenvalue weighted by molar-refractivity contribution is -0.143. The lowest BCUT2D eigenvalue weighted by Crippen LogP contribution is -2.45. The van der Waals surface area contributed by atoms with Crippen LogP contribution in [0.25, 0.3) is 0 Å². The maximum absolute atomic E-state index is 12.5. The number of hydrogen-bond donors (Lipinski definition) is 3. The van der Waals surface area contributed by atoms with Gasteiger partial charge < -0.3 is 20.3 Å². The molecular formula is C71H141NO5. The van der Waals surface area contributed by atoms with E-state index in [1.54, 1.807) is 0 Å². The number of amides is 1. The fourth-order valence-corrected chi connectivity index (χ4v) is 11.7. The minimum absolute atomic E-state index is 0.0251. The van der Waals surface area contributed by atoms with Crippen molar-refractivity contribution in [2.24, 2.45) is 0 Å². The van der Waals surface area contributed by atoms with Crippen LogP contribution >= 0.6 is 0 Å². The molecule has 0 radical (unpaired) electrons. The summed E-state index contributed by atoms with van der Waals surface area (Å²) in [6.45, 7) is 5.00. The topological polar surface area (TPSA) is 95.9 Å². The number of hydrogen-bond acceptors (Lipinski definition) is 5. The molecule has 0 heterocycles. The molecule has 0 saturated heterocycles. The Morgan fingerprint density at radius 2 is 0.532 bits per heavy atom. The van der Waals surface area contributed by atoms with Crippen LogP contribution in [0.2, 0.25) is 0 Å². The summed E-state index contributed by atoms with van der Waals surface area (Å²) in [5.41, 5.74) is 0. The van der Waals surface area contributed by atoms with Crippen LogP contribution in [0.1, 0.15) is 418 Å². The molecule has 3 N–H and O–H groups in total. The number of ether oxygens (including phenoxy) is 1. The third-order valence-corrected chi connectivity index (χ3v) is 17.2. The first kappa shape index (κ1) is 75.9. The van der Waals surface area contributed by atoms with Gasteiger partial charge in [-0.3, -0.25) is 9.59 Å². The SMILES string of the molecule is CCCCCCCCCCCCCCCCCCCCC(=O)OCCCCCCCCCCCCCCCCCCCCCCCCCCCCCCCC(=O)NC(CO)C(O)CCCCCCCCCCCCCCC. The van der Waals surface area contributed by atoms with Crippen molar-refractivity contribution in [3.05, 3.63) is 0 Å². The molecule has 2 unspecified atom stereocenters. The van der Waals surface area contributed by atoms with Gasteiger partial charge in [-0.1, -0.05) is 380 Å². The number of aliphatic hydroxyl groups excluding tert-OH is 2. The first-order chi connectivity index (χ1) is 38.0. The summed E-state index contributed by atoms with van der Waals surface area (Å²) < 4.78 is 5.51. The van der Waals surface area contributed by atoms with Crippen LogP contribution in [-0.4, -0.2) is 47.4 Å². The van der Waals surface area contributed by atoms with E-state index < -0.39 is 12.1 Å². The summed E-state index contributed by atoms with van der Waals surface area (Å²) in [5, 5.41) is 23.3. The lowest BCUT2D eigenvalue weighted by atomic mass is 10.0. The predicted molar refractivity (Wildman–Crippen MR) is 338 cm³/mol. The van der Waals surface area contributed by atoms with Crippen LogP contribution in [0, 0.1) is 0 Å². The first-order valence-electron chi connectivity index (χ1n) is 35.8. The van der Waals surface area contributed by atoms with Crippen LogP contribution in [-0.2, 0) is 14.3 Å². The monoisotopic (exact) mass is 1090 g/mol. The molecule has 0 aliphatic rings. The second kappa shape index (κ2) is 67.4. The van der Waals surface area contributed by atoms with Crippen molar-refractivity contribution in [2.45, 2.75) is 431 Å². The van der Waals surface area contributed by atoms with Gasteiger partial charge in [0.1, 0.15) is 0 Å². The zero-order valence-electron chi connectivity index (χ0n) is 52.7. The molecule has 0 fully saturated rings. The van der Waals surface area contributed by atoms with E-state index in [0.29, 0.717) is 25.9 Å². The molecule has 0 rings (SSSR count). The normalized spacial score (nSPS) is 12.4. The van der Waals surface area contributed by atoms with Gasteiger partial charge in [-0.25, -0.2) is 0 Å². The second-order valence-corrected chi connectivity index (χ2v) is 24.9. The molecule has 0 saturated carbocycles. The number of unbranched alkanes of at least 4 members (excludes halogenated alkanes) is 57. The second-order valence-electron chi connectivity index (χ2n) is 24.9. The number of nitrogens with one attached hydrogen (secondary N) is 1. The van der Waals surface area contributed by atoms with Crippen LogP contribution in [0.15, 0.2) is 0 Å². The Bertz CT molecular complexity index is 1120. The van der Waals surface area contributed by atoms with Crippen LogP contribution in [0.3, 0.4) is 0 Å². The average molecular weight is 1090 g/mol. The number of carbonyl (C=O) groups excluding carboxylic acids is 2. The summed E-state index contributed by atoms with van der Waals surface area (Å²) in [4.78, 5) is 24.6. The van der Waals surface area contributed by atoms with Crippen molar-refractivity contribution in [3.8, 4) is 0 Å². The lowest BCUT2D eigenvalue weighted by Gasteiger charge is -2.22. The highest BCUT2D eigenvalue weighted by atomic mass is 16.5. The third kappa shape index (κ3) is 63.9. The van der Waals surface area contributed by atoms with E-state index in [2.05, 4.69) is 19.2 Å². The van der Waals surface area contributed by atoms with Crippen molar-refractivity contribution in [3.63, 3.8) is 0 Å². The molecule has 0 aromatic carbocycles. The maximum Gasteiger partial charge on any atom is 0.305 e. The summed E-state index contributed by atoms with van der Waals surface area (Å²) in [6.07, 6.45) is 81.6. The summed E-state index contributed by atoms with van der Waals surface area (Å²) in [6, 6.07) is -0.537. The fraction of sp³-hybridized carbons (Fsp3) is 0.972. The highest BCUT2D eigenvalue weighted by Crippen LogP contribution is 2.20. The Morgan fingerprint density at radius 1 is 0.312 bits per heavy atom. The van der Waals surface area contributed by atoms with E-state index in [9.17, 15) is 19.8 Å². The van der Waals surface area contributed by atoms with Gasteiger partial charge in [0.2, 0.25) is 5.91 Å². The molecule has 0 aromatic heterocycles. The van der Waals surface area contributed by atoms with Gasteiger partial charge in [-0.2, -0.15) is 0 Å². The van der Waals surface area contributed by atoms with Crippen LogP contribution in [0.4, 0.5) is 0 Å². The summed E-state index contributed by atoms with van der Waals surface area (Å²) >= 11 is 0. The molecule has 6 nitrogen and oxygen atoms in total. The zero-order valence-corrected chi connectivity index (χ0v) is 52.7. The van der Waals surface area contributed by atoms with Crippen molar-refractivity contribution in [2.75, 3.05) is 13.2 Å². The van der Waals surface area contributed by atoms with Gasteiger partial charge in [-0.05, 0) is 25.7 Å². The van der Waals surface area contributed by atoms with Gasteiger partial charge in [0.15, 0.2) is 0 Å². The number of rotatable bonds is 68. The van der Waals surface area contributed by atoms with E-state index in [1.807, 2.05) is 0 Å². The predicted octanol–water partition coefficient (Wildman–Crippen LogP) is 23.0. The molecule has 1 amide bonds. The minimum atomic E-state index is -0.660. The Labute approximate surface area is 483 Å². The average Bonchev–Trinajstić information content (AvgIpc) is 3.43. The number of carbonyl (C=O) groups is 2. The molecule has 0 aromatic rings. The van der Waals surface area contributed by atoms with Crippen molar-refractivity contribution in [1.29, 1.82) is 0 Å². The highest BCUT2D eigenvalue weighted by molar-refractivity contribution is 5.76. The van der Waals surface area contributed by atoms with Crippen molar-refractivity contribution in [1.82, 2.24) is 5.32 Å². The smallest absolute Gasteiger partial charge is 0.305 e. The molecule has 0 spiro atoms. The van der Waals surface area contributed by atoms with E-state index in [0.717, 1.165) is 38.5 Å². The van der Waals surface area contributed by atoms with Crippen molar-refractivity contribution < 1.29 is 24.5 Å².